The van der Waals surface area contributed by atoms with Gasteiger partial charge in [-0.1, -0.05) is 18.2 Å². The summed E-state index contributed by atoms with van der Waals surface area (Å²) in [4.78, 5) is 8.62. The Balaban J connectivity index is 1.87. The molecule has 8 heteroatoms. The molecule has 1 aromatic carbocycles. The summed E-state index contributed by atoms with van der Waals surface area (Å²) < 4.78 is 42.8. The molecule has 146 valence electrons. The first-order chi connectivity index (χ1) is 12.9. The van der Waals surface area contributed by atoms with Crippen LogP contribution in [0.4, 0.5) is 13.2 Å². The van der Waals surface area contributed by atoms with Crippen molar-refractivity contribution in [3.8, 4) is 5.88 Å². The molecule has 0 saturated heterocycles. The molecule has 2 N–H and O–H groups in total. The second-order valence-corrected chi connectivity index (χ2v) is 5.78. The molecule has 0 fully saturated rings. The monoisotopic (exact) mass is 380 g/mol. The normalized spacial score (nSPS) is 12.0. The van der Waals surface area contributed by atoms with Gasteiger partial charge in [0.05, 0.1) is 19.2 Å². The second-order valence-electron chi connectivity index (χ2n) is 5.78. The van der Waals surface area contributed by atoms with Crippen molar-refractivity contribution in [3.05, 3.63) is 59.3 Å². The highest BCUT2D eigenvalue weighted by Gasteiger charge is 2.29. The molecule has 5 nitrogen and oxygen atoms in total. The third kappa shape index (κ3) is 6.80. The predicted octanol–water partition coefficient (Wildman–Crippen LogP) is 3.41. The van der Waals surface area contributed by atoms with Crippen molar-refractivity contribution in [2.45, 2.75) is 26.1 Å². The Morgan fingerprint density at radius 1 is 1.07 bits per heavy atom. The first-order valence-electron chi connectivity index (χ1n) is 8.59. The zero-order chi connectivity index (χ0) is 19.7. The van der Waals surface area contributed by atoms with E-state index in [9.17, 15) is 13.2 Å². The number of methoxy groups -OCH3 is 1. The Labute approximate surface area is 156 Å². The molecule has 0 atom stereocenters. The van der Waals surface area contributed by atoms with Gasteiger partial charge < -0.3 is 15.4 Å². The minimum absolute atomic E-state index is 0.451. The van der Waals surface area contributed by atoms with Crippen LogP contribution in [-0.2, 0) is 19.1 Å². The van der Waals surface area contributed by atoms with E-state index in [0.717, 1.165) is 23.3 Å². The second kappa shape index (κ2) is 9.80. The highest BCUT2D eigenvalue weighted by molar-refractivity contribution is 5.79. The van der Waals surface area contributed by atoms with E-state index in [1.54, 1.807) is 19.4 Å². The van der Waals surface area contributed by atoms with Gasteiger partial charge in [0.1, 0.15) is 0 Å². The van der Waals surface area contributed by atoms with E-state index in [2.05, 4.69) is 20.6 Å². The van der Waals surface area contributed by atoms with Crippen LogP contribution in [0.15, 0.2) is 47.6 Å². The number of benzene rings is 1. The summed E-state index contributed by atoms with van der Waals surface area (Å²) >= 11 is 0. The van der Waals surface area contributed by atoms with Gasteiger partial charge in [-0.05, 0) is 36.6 Å². The molecule has 1 heterocycles. The van der Waals surface area contributed by atoms with Crippen molar-refractivity contribution >= 4 is 5.96 Å². The van der Waals surface area contributed by atoms with Gasteiger partial charge in [0.15, 0.2) is 5.96 Å². The maximum absolute atomic E-state index is 12.6. The minimum Gasteiger partial charge on any atom is -0.481 e. The van der Waals surface area contributed by atoms with E-state index in [-0.39, 0.29) is 0 Å². The van der Waals surface area contributed by atoms with E-state index in [0.29, 0.717) is 37.9 Å². The molecule has 0 aliphatic rings. The van der Waals surface area contributed by atoms with Gasteiger partial charge in [0.2, 0.25) is 5.88 Å². The lowest BCUT2D eigenvalue weighted by Gasteiger charge is -2.12. The molecule has 27 heavy (non-hydrogen) atoms. The van der Waals surface area contributed by atoms with Crippen LogP contribution >= 0.6 is 0 Å². The zero-order valence-corrected chi connectivity index (χ0v) is 15.3. The Kier molecular flexibility index (Phi) is 7.45. The van der Waals surface area contributed by atoms with Gasteiger partial charge >= 0.3 is 6.18 Å². The molecule has 0 saturated carbocycles. The van der Waals surface area contributed by atoms with Crippen LogP contribution in [0.1, 0.15) is 23.6 Å². The fraction of sp³-hybridized carbons (Fsp3) is 0.368. The predicted molar refractivity (Wildman–Crippen MR) is 98.8 cm³/mol. The van der Waals surface area contributed by atoms with Gasteiger partial charge in [-0.3, -0.25) is 0 Å². The highest BCUT2D eigenvalue weighted by Crippen LogP contribution is 2.29. The van der Waals surface area contributed by atoms with Crippen molar-refractivity contribution < 1.29 is 17.9 Å². The van der Waals surface area contributed by atoms with Crippen LogP contribution in [-0.4, -0.2) is 31.1 Å². The van der Waals surface area contributed by atoms with E-state index >= 15 is 0 Å². The number of hydrogen-bond acceptors (Lipinski definition) is 3. The third-order valence-corrected chi connectivity index (χ3v) is 3.76. The molecule has 1 aromatic heterocycles. The van der Waals surface area contributed by atoms with E-state index in [1.807, 2.05) is 13.0 Å². The number of hydrogen-bond donors (Lipinski definition) is 2. The number of guanidine groups is 1. The summed E-state index contributed by atoms with van der Waals surface area (Å²) in [6.07, 6.45) is -2.02. The van der Waals surface area contributed by atoms with Gasteiger partial charge in [-0.25, -0.2) is 9.98 Å². The number of rotatable bonds is 7. The average Bonchev–Trinajstić information content (AvgIpc) is 2.66. The number of pyridine rings is 1. The molecule has 0 unspecified atom stereocenters. The molecule has 0 aliphatic heterocycles. The quantitative estimate of drug-likeness (QED) is 0.571. The Hall–Kier alpha value is -2.77. The number of alkyl halides is 3. The first-order valence-corrected chi connectivity index (χ1v) is 8.59. The molecule has 0 spiro atoms. The number of halogens is 3. The molecular weight excluding hydrogens is 357 g/mol. The Morgan fingerprint density at radius 2 is 1.78 bits per heavy atom. The fourth-order valence-electron chi connectivity index (χ4n) is 2.32. The molecule has 2 rings (SSSR count). The van der Waals surface area contributed by atoms with Crippen molar-refractivity contribution in [2.75, 3.05) is 20.2 Å². The van der Waals surface area contributed by atoms with Gasteiger partial charge in [-0.2, -0.15) is 13.2 Å². The fourth-order valence-corrected chi connectivity index (χ4v) is 2.32. The maximum atomic E-state index is 12.6. The van der Waals surface area contributed by atoms with Crippen molar-refractivity contribution in [2.24, 2.45) is 4.99 Å². The molecule has 0 amide bonds. The summed E-state index contributed by atoms with van der Waals surface area (Å²) in [7, 11) is 1.56. The van der Waals surface area contributed by atoms with Crippen molar-refractivity contribution in [1.29, 1.82) is 0 Å². The molecular formula is C19H23F3N4O. The highest BCUT2D eigenvalue weighted by atomic mass is 19.4. The molecule has 0 bridgehead atoms. The summed E-state index contributed by atoms with van der Waals surface area (Å²) in [6.45, 7) is 3.67. The number of nitrogens with zero attached hydrogens (tertiary/aromatic N) is 2. The number of aromatic nitrogens is 1. The third-order valence-electron chi connectivity index (χ3n) is 3.76. The average molecular weight is 380 g/mol. The van der Waals surface area contributed by atoms with E-state index in [4.69, 9.17) is 4.74 Å². The van der Waals surface area contributed by atoms with Gasteiger partial charge in [0.25, 0.3) is 0 Å². The SMILES string of the molecule is CCNC(=NCc1ccc(OC)nc1)NCCc1ccc(C(F)(F)F)cc1. The standard InChI is InChI=1S/C19H23F3N4O/c1-3-23-18(26-13-15-6-9-17(27-2)25-12-15)24-11-10-14-4-7-16(8-5-14)19(20,21)22/h4-9,12H,3,10-11,13H2,1-2H3,(H2,23,24,26). The summed E-state index contributed by atoms with van der Waals surface area (Å²) in [5.74, 6) is 1.18. The van der Waals surface area contributed by atoms with Crippen molar-refractivity contribution in [1.82, 2.24) is 15.6 Å². The molecule has 0 radical (unpaired) electrons. The molecule has 2 aromatic rings. The number of nitrogens with one attached hydrogen (secondary N) is 2. The molecule has 0 aliphatic carbocycles. The van der Waals surface area contributed by atoms with Gasteiger partial charge in [0, 0.05) is 25.4 Å². The number of ether oxygens (including phenoxy) is 1. The summed E-state index contributed by atoms with van der Waals surface area (Å²) in [5.41, 5.74) is 1.13. The van der Waals surface area contributed by atoms with Crippen LogP contribution in [0.3, 0.4) is 0 Å². The van der Waals surface area contributed by atoms with Crippen LogP contribution in [0.5, 0.6) is 5.88 Å². The maximum Gasteiger partial charge on any atom is 0.416 e. The number of aliphatic imine (C=N–C) groups is 1. The van der Waals surface area contributed by atoms with Gasteiger partial charge in [-0.15, -0.1) is 0 Å². The first kappa shape index (κ1) is 20.5. The summed E-state index contributed by atoms with van der Waals surface area (Å²) in [6, 6.07) is 8.86. The van der Waals surface area contributed by atoms with Crippen LogP contribution in [0.2, 0.25) is 0 Å². The summed E-state index contributed by atoms with van der Waals surface area (Å²) in [5, 5.41) is 6.31. The Bertz CT molecular complexity index is 728. The lowest BCUT2D eigenvalue weighted by molar-refractivity contribution is -0.137. The van der Waals surface area contributed by atoms with Crippen LogP contribution < -0.4 is 15.4 Å². The lowest BCUT2D eigenvalue weighted by atomic mass is 10.1. The Morgan fingerprint density at radius 3 is 2.33 bits per heavy atom. The zero-order valence-electron chi connectivity index (χ0n) is 15.3. The van der Waals surface area contributed by atoms with Crippen LogP contribution in [0, 0.1) is 0 Å². The van der Waals surface area contributed by atoms with E-state index < -0.39 is 11.7 Å². The minimum atomic E-state index is -4.31. The van der Waals surface area contributed by atoms with Crippen LogP contribution in [0.25, 0.3) is 0 Å². The smallest absolute Gasteiger partial charge is 0.416 e. The largest absolute Gasteiger partial charge is 0.481 e. The van der Waals surface area contributed by atoms with E-state index in [1.165, 1.54) is 12.1 Å². The van der Waals surface area contributed by atoms with Crippen molar-refractivity contribution in [3.63, 3.8) is 0 Å². The topological polar surface area (TPSA) is 58.5 Å². The lowest BCUT2D eigenvalue weighted by Crippen LogP contribution is -2.38.